The lowest BCUT2D eigenvalue weighted by Gasteiger charge is -1.99. The van der Waals surface area contributed by atoms with Gasteiger partial charge in [0, 0.05) is 21.7 Å². The number of aromatic nitrogens is 2. The Bertz CT molecular complexity index is 823. The van der Waals surface area contributed by atoms with E-state index in [1.165, 1.54) is 22.7 Å². The lowest BCUT2D eigenvalue weighted by Crippen LogP contribution is -2.15. The Kier molecular flexibility index (Phi) is 4.79. The Morgan fingerprint density at radius 1 is 1.09 bits per heavy atom. The first kappa shape index (κ1) is 15.8. The summed E-state index contributed by atoms with van der Waals surface area (Å²) in [5.41, 5.74) is 7.47. The minimum absolute atomic E-state index is 0.0719. The summed E-state index contributed by atoms with van der Waals surface area (Å²) in [5, 5.41) is 11.7. The van der Waals surface area contributed by atoms with Gasteiger partial charge >= 0.3 is 0 Å². The lowest BCUT2D eigenvalue weighted by atomic mass is 10.3. The second-order valence-electron chi connectivity index (χ2n) is 4.67. The summed E-state index contributed by atoms with van der Waals surface area (Å²) in [6, 6.07) is 2.00. The number of carbonyl (C=O) groups excluding carboxylic acids is 2. The molecule has 6 nitrogen and oxygen atoms in total. The molecule has 23 heavy (non-hydrogen) atoms. The predicted octanol–water partition coefficient (Wildman–Crippen LogP) is 2.54. The third-order valence-corrected chi connectivity index (χ3v) is 5.24. The Labute approximate surface area is 144 Å². The van der Waals surface area contributed by atoms with Crippen LogP contribution in [0.4, 0.5) is 5.13 Å². The molecule has 0 saturated carbocycles. The average Bonchev–Trinajstić information content (AvgIpc) is 3.19. The maximum Gasteiger partial charge on any atom is 0.232 e. The maximum absolute atomic E-state index is 12.0. The van der Waals surface area contributed by atoms with Crippen molar-refractivity contribution in [2.24, 2.45) is 5.73 Å². The Morgan fingerprint density at radius 2 is 1.87 bits per heavy atom. The van der Waals surface area contributed by atoms with Gasteiger partial charge < -0.3 is 11.1 Å². The topological polar surface area (TPSA) is 98.0 Å². The molecule has 0 radical (unpaired) electrons. The summed E-state index contributed by atoms with van der Waals surface area (Å²) in [5.74, 6) is -0.635. The molecule has 0 saturated heterocycles. The first-order valence-electron chi connectivity index (χ1n) is 6.59. The minimum Gasteiger partial charge on any atom is -0.369 e. The number of thiophene rings is 1. The smallest absolute Gasteiger partial charge is 0.232 e. The van der Waals surface area contributed by atoms with Crippen molar-refractivity contribution < 1.29 is 9.59 Å². The summed E-state index contributed by atoms with van der Waals surface area (Å²) >= 11 is 4.40. The molecular weight excluding hydrogens is 352 g/mol. The Morgan fingerprint density at radius 3 is 2.61 bits per heavy atom. The zero-order chi connectivity index (χ0) is 16.2. The van der Waals surface area contributed by atoms with E-state index in [9.17, 15) is 9.59 Å². The molecule has 3 rings (SSSR count). The van der Waals surface area contributed by atoms with Gasteiger partial charge in [0.15, 0.2) is 5.13 Å². The fraction of sp³-hybridized carbons (Fsp3) is 0.143. The molecule has 0 aromatic carbocycles. The van der Waals surface area contributed by atoms with Gasteiger partial charge in [0.2, 0.25) is 11.8 Å². The van der Waals surface area contributed by atoms with Crippen LogP contribution in [0.25, 0.3) is 10.6 Å². The largest absolute Gasteiger partial charge is 0.369 e. The molecule has 118 valence electrons. The number of nitrogens with zero attached hydrogens (tertiary/aromatic N) is 2. The van der Waals surface area contributed by atoms with Gasteiger partial charge in [-0.2, -0.15) is 11.3 Å². The monoisotopic (exact) mass is 364 g/mol. The second-order valence-corrected chi connectivity index (χ2v) is 7.16. The molecule has 3 aromatic rings. The van der Waals surface area contributed by atoms with E-state index in [1.807, 2.05) is 22.2 Å². The molecule has 0 atom stereocenters. The highest BCUT2D eigenvalue weighted by atomic mass is 32.1. The summed E-state index contributed by atoms with van der Waals surface area (Å²) in [7, 11) is 0. The Balaban J connectivity index is 1.59. The van der Waals surface area contributed by atoms with E-state index in [2.05, 4.69) is 15.3 Å². The zero-order valence-electron chi connectivity index (χ0n) is 11.8. The number of carbonyl (C=O) groups is 2. The van der Waals surface area contributed by atoms with Gasteiger partial charge in [0.25, 0.3) is 0 Å². The number of hydrogen-bond acceptors (Lipinski definition) is 7. The molecule has 0 fully saturated rings. The van der Waals surface area contributed by atoms with E-state index in [0.29, 0.717) is 10.8 Å². The quantitative estimate of drug-likeness (QED) is 0.702. The van der Waals surface area contributed by atoms with Crippen molar-refractivity contribution in [3.8, 4) is 10.6 Å². The van der Waals surface area contributed by atoms with Crippen molar-refractivity contribution in [2.45, 2.75) is 12.8 Å². The van der Waals surface area contributed by atoms with Crippen LogP contribution in [0.3, 0.4) is 0 Å². The molecule has 0 bridgehead atoms. The number of rotatable bonds is 6. The second kappa shape index (κ2) is 6.99. The first-order valence-corrected chi connectivity index (χ1v) is 9.30. The SMILES string of the molecule is NC(=O)Cc1csc(NC(=O)Cc2csc(-c3ccsc3)n2)n1. The van der Waals surface area contributed by atoms with Crippen molar-refractivity contribution in [2.75, 3.05) is 5.32 Å². The number of primary amides is 1. The molecular formula is C14H12N4O2S3. The van der Waals surface area contributed by atoms with E-state index in [0.717, 1.165) is 16.3 Å². The van der Waals surface area contributed by atoms with Crippen molar-refractivity contribution in [3.63, 3.8) is 0 Å². The molecule has 0 aliphatic carbocycles. The van der Waals surface area contributed by atoms with Gasteiger partial charge in [0.1, 0.15) is 5.01 Å². The van der Waals surface area contributed by atoms with Crippen LogP contribution in [0, 0.1) is 0 Å². The van der Waals surface area contributed by atoms with E-state index >= 15 is 0 Å². The average molecular weight is 364 g/mol. The fourth-order valence-corrected chi connectivity index (χ4v) is 4.12. The molecule has 0 unspecified atom stereocenters. The van der Waals surface area contributed by atoms with Gasteiger partial charge in [-0.25, -0.2) is 9.97 Å². The van der Waals surface area contributed by atoms with Crippen LogP contribution in [0.2, 0.25) is 0 Å². The third-order valence-electron chi connectivity index (χ3n) is 2.81. The van der Waals surface area contributed by atoms with Crippen molar-refractivity contribution in [3.05, 3.63) is 39.0 Å². The first-order chi connectivity index (χ1) is 11.1. The number of anilines is 1. The number of thiazole rings is 2. The maximum atomic E-state index is 12.0. The van der Waals surface area contributed by atoms with E-state index < -0.39 is 5.91 Å². The van der Waals surface area contributed by atoms with Crippen molar-refractivity contribution in [1.82, 2.24) is 9.97 Å². The van der Waals surface area contributed by atoms with Crippen molar-refractivity contribution in [1.29, 1.82) is 0 Å². The van der Waals surface area contributed by atoms with E-state index in [-0.39, 0.29) is 18.7 Å². The van der Waals surface area contributed by atoms with E-state index in [1.54, 1.807) is 16.7 Å². The molecule has 0 aliphatic heterocycles. The van der Waals surface area contributed by atoms with Crippen LogP contribution in [0.15, 0.2) is 27.6 Å². The Hall–Kier alpha value is -2.10. The van der Waals surface area contributed by atoms with Crippen LogP contribution in [0.1, 0.15) is 11.4 Å². The van der Waals surface area contributed by atoms with E-state index in [4.69, 9.17) is 5.73 Å². The number of nitrogens with two attached hydrogens (primary N) is 1. The summed E-state index contributed by atoms with van der Waals surface area (Å²) in [4.78, 5) is 31.5. The molecule has 2 amide bonds. The molecule has 3 aromatic heterocycles. The number of amides is 2. The van der Waals surface area contributed by atoms with Gasteiger partial charge in [-0.15, -0.1) is 22.7 Å². The van der Waals surface area contributed by atoms with Gasteiger partial charge in [0.05, 0.1) is 24.2 Å². The summed E-state index contributed by atoms with van der Waals surface area (Å²) in [6.45, 7) is 0. The van der Waals surface area contributed by atoms with Crippen LogP contribution >= 0.6 is 34.0 Å². The van der Waals surface area contributed by atoms with Crippen molar-refractivity contribution >= 4 is 51.0 Å². The van der Waals surface area contributed by atoms with Crippen LogP contribution in [-0.4, -0.2) is 21.8 Å². The fourth-order valence-electron chi connectivity index (χ4n) is 1.86. The highest BCUT2D eigenvalue weighted by molar-refractivity contribution is 7.14. The predicted molar refractivity (Wildman–Crippen MR) is 92.8 cm³/mol. The normalized spacial score (nSPS) is 10.6. The highest BCUT2D eigenvalue weighted by Crippen LogP contribution is 2.26. The minimum atomic E-state index is -0.448. The number of hydrogen-bond donors (Lipinski definition) is 2. The molecule has 3 heterocycles. The van der Waals surface area contributed by atoms with Gasteiger partial charge in [-0.05, 0) is 11.4 Å². The number of nitrogens with one attached hydrogen (secondary N) is 1. The molecule has 0 aliphatic rings. The molecule has 0 spiro atoms. The summed E-state index contributed by atoms with van der Waals surface area (Å²) < 4.78 is 0. The standard InChI is InChI=1S/C14H12N4O2S3/c15-11(19)3-9-7-23-14(17-9)18-12(20)4-10-6-22-13(16-10)8-1-2-21-5-8/h1-2,5-7H,3-4H2,(H2,15,19)(H,17,18,20). The summed E-state index contributed by atoms with van der Waals surface area (Å²) in [6.07, 6.45) is 0.258. The lowest BCUT2D eigenvalue weighted by molar-refractivity contribution is -0.117. The van der Waals surface area contributed by atoms with Gasteiger partial charge in [-0.1, -0.05) is 0 Å². The van der Waals surface area contributed by atoms with Gasteiger partial charge in [-0.3, -0.25) is 9.59 Å². The zero-order valence-corrected chi connectivity index (χ0v) is 14.3. The highest BCUT2D eigenvalue weighted by Gasteiger charge is 2.12. The third kappa shape index (κ3) is 4.21. The molecule has 9 heteroatoms. The molecule has 3 N–H and O–H groups in total. The van der Waals surface area contributed by atoms with Crippen LogP contribution in [-0.2, 0) is 22.4 Å². The van der Waals surface area contributed by atoms with Crippen LogP contribution in [0.5, 0.6) is 0 Å². The van der Waals surface area contributed by atoms with Crippen LogP contribution < -0.4 is 11.1 Å².